The molecule has 0 bridgehead atoms. The minimum absolute atomic E-state index is 0.0756. The normalized spacial score (nSPS) is 31.4. The number of aliphatic imine (C=N–C) groups is 1. The second-order valence-corrected chi connectivity index (χ2v) is 12.6. The Morgan fingerprint density at radius 2 is 1.94 bits per heavy atom. The van der Waals surface area contributed by atoms with Gasteiger partial charge < -0.3 is 66.9 Å². The van der Waals surface area contributed by atoms with Crippen LogP contribution in [-0.2, 0) is 37.5 Å². The molecule has 2 saturated heterocycles. The lowest BCUT2D eigenvalue weighted by Crippen LogP contribution is -2.63. The Hall–Kier alpha value is -3.61. The van der Waals surface area contributed by atoms with E-state index in [0.717, 1.165) is 17.7 Å². The number of rotatable bonds is 16. The van der Waals surface area contributed by atoms with Gasteiger partial charge in [0.15, 0.2) is 6.23 Å². The number of aliphatic hydroxyl groups is 5. The molecule has 2 fully saturated rings. The van der Waals surface area contributed by atoms with Crippen LogP contribution in [0.2, 0.25) is 0 Å². The highest BCUT2D eigenvalue weighted by molar-refractivity contribution is 7.47. The predicted octanol–water partition coefficient (Wildman–Crippen LogP) is -5.85. The highest BCUT2D eigenvalue weighted by Gasteiger charge is 2.58. The molecule has 0 radical (unpaired) electrons. The fraction of sp³-hybridized carbons (Fsp3) is 0.680. The molecule has 12 N–H and O–H groups in total. The quantitative estimate of drug-likeness (QED) is 0.0431. The van der Waals surface area contributed by atoms with Crippen molar-refractivity contribution in [3.8, 4) is 0 Å². The summed E-state index contributed by atoms with van der Waals surface area (Å²) in [7, 11) is -5.60. The van der Waals surface area contributed by atoms with E-state index in [1.165, 1.54) is 6.07 Å². The van der Waals surface area contributed by atoms with E-state index in [-0.39, 0.29) is 25.1 Å². The zero-order chi connectivity index (χ0) is 36.8. The molecule has 49 heavy (non-hydrogen) atoms. The average molecular weight is 726 g/mol. The third kappa shape index (κ3) is 10.2. The van der Waals surface area contributed by atoms with Gasteiger partial charge >= 0.3 is 19.5 Å². The van der Waals surface area contributed by atoms with Crippen molar-refractivity contribution in [1.82, 2.24) is 14.9 Å². The van der Waals surface area contributed by atoms with Crippen molar-refractivity contribution in [3.05, 3.63) is 22.7 Å². The van der Waals surface area contributed by atoms with Crippen LogP contribution in [0.25, 0.3) is 0 Å². The monoisotopic (exact) mass is 725 g/mol. The predicted molar refractivity (Wildman–Crippen MR) is 157 cm³/mol. The molecule has 0 spiro atoms. The van der Waals surface area contributed by atoms with Gasteiger partial charge in [-0.15, -0.1) is 0 Å². The first-order valence-corrected chi connectivity index (χ1v) is 16.0. The van der Waals surface area contributed by atoms with Gasteiger partial charge in [-0.3, -0.25) is 23.7 Å². The van der Waals surface area contributed by atoms with Gasteiger partial charge in [-0.25, -0.2) is 18.7 Å². The number of primary amides is 1. The average Bonchev–Trinajstić information content (AvgIpc) is 3.27. The number of carbonyl (C=O) groups is 3. The summed E-state index contributed by atoms with van der Waals surface area (Å²) in [6.07, 6.45) is -15.4. The molecule has 3 heterocycles. The molecule has 23 nitrogen and oxygen atoms in total. The summed E-state index contributed by atoms with van der Waals surface area (Å²) in [6.45, 7) is -0.785. The van der Waals surface area contributed by atoms with Crippen LogP contribution in [0.3, 0.4) is 0 Å². The Labute approximate surface area is 276 Å². The zero-order valence-corrected chi connectivity index (χ0v) is 26.6. The maximum atomic E-state index is 13.0. The van der Waals surface area contributed by atoms with Crippen LogP contribution in [0.4, 0.5) is 5.82 Å². The van der Waals surface area contributed by atoms with Gasteiger partial charge in [0.1, 0.15) is 42.4 Å². The number of nitrogens with two attached hydrogens (primary N) is 2. The SMILES string of the molecule is CC([O-])=N[C@H]1[C@H]([C@H](O)[C@H](O)CNC(=O)CCCC(N)=O)O[C@](OP(=O)(O)OC[C@H]2O[C@@H](n3ccc(N)nc3=O)[C@H](O)[C@@H]2O)(C(=O)O)C[C@@H]1O. The van der Waals surface area contributed by atoms with Crippen molar-refractivity contribution >= 4 is 37.3 Å². The number of aliphatic carboxylic acids is 1. The lowest BCUT2D eigenvalue weighted by atomic mass is 9.89. The molecule has 2 amide bonds. The number of phosphoric ester groups is 1. The Bertz CT molecular complexity index is 1490. The molecule has 1 aromatic heterocycles. The van der Waals surface area contributed by atoms with Gasteiger partial charge in [0.2, 0.25) is 11.8 Å². The number of hydrogen-bond acceptors (Lipinski definition) is 18. The minimum atomic E-state index is -5.60. The molecule has 0 aliphatic carbocycles. The number of nitrogens with one attached hydrogen (secondary N) is 1. The zero-order valence-electron chi connectivity index (χ0n) is 25.8. The molecule has 11 atom stereocenters. The van der Waals surface area contributed by atoms with Gasteiger partial charge in [-0.05, 0) is 25.3 Å². The Balaban J connectivity index is 1.76. The van der Waals surface area contributed by atoms with E-state index in [9.17, 15) is 64.4 Å². The molecular formula is C25H38N6O17P-. The van der Waals surface area contributed by atoms with E-state index in [4.69, 9.17) is 30.0 Å². The molecule has 2 aliphatic rings. The largest absolute Gasteiger partial charge is 0.862 e. The summed E-state index contributed by atoms with van der Waals surface area (Å²) < 4.78 is 34.2. The number of amides is 2. The van der Waals surface area contributed by atoms with E-state index < -0.39 is 118 Å². The fourth-order valence-electron chi connectivity index (χ4n) is 5.00. The molecule has 276 valence electrons. The highest BCUT2D eigenvalue weighted by atomic mass is 31.2. The number of nitrogen functional groups attached to an aromatic ring is 1. The van der Waals surface area contributed by atoms with Crippen LogP contribution < -0.4 is 27.6 Å². The number of anilines is 1. The Morgan fingerprint density at radius 3 is 2.53 bits per heavy atom. The second kappa shape index (κ2) is 16.4. The summed E-state index contributed by atoms with van der Waals surface area (Å²) in [5, 5.41) is 77.1. The maximum Gasteiger partial charge on any atom is 0.475 e. The van der Waals surface area contributed by atoms with Crippen molar-refractivity contribution in [2.24, 2.45) is 10.7 Å². The first kappa shape index (κ1) is 39.8. The third-order valence-corrected chi connectivity index (χ3v) is 8.39. The fourth-order valence-corrected chi connectivity index (χ4v) is 5.95. The number of nitrogens with zero attached hydrogens (tertiary/aromatic N) is 3. The summed E-state index contributed by atoms with van der Waals surface area (Å²) in [5.41, 5.74) is 9.47. The number of aromatic nitrogens is 2. The number of carbonyl (C=O) groups excluding carboxylic acids is 2. The molecule has 3 rings (SSSR count). The van der Waals surface area contributed by atoms with Gasteiger partial charge in [-0.2, -0.15) is 4.98 Å². The van der Waals surface area contributed by atoms with Crippen LogP contribution in [-0.4, -0.2) is 136 Å². The topological polar surface area (TPSA) is 381 Å². The van der Waals surface area contributed by atoms with Gasteiger partial charge in [0.25, 0.3) is 5.79 Å². The number of phosphoric acid groups is 1. The van der Waals surface area contributed by atoms with E-state index in [1.54, 1.807) is 0 Å². The molecular weight excluding hydrogens is 687 g/mol. The number of ether oxygens (including phenoxy) is 2. The Morgan fingerprint density at radius 1 is 1.27 bits per heavy atom. The van der Waals surface area contributed by atoms with Crippen molar-refractivity contribution in [3.63, 3.8) is 0 Å². The molecule has 0 saturated carbocycles. The van der Waals surface area contributed by atoms with Crippen molar-refractivity contribution in [1.29, 1.82) is 0 Å². The molecule has 1 unspecified atom stereocenters. The van der Waals surface area contributed by atoms with E-state index >= 15 is 0 Å². The number of carboxylic acid groups (broad SMARTS) is 1. The third-order valence-electron chi connectivity index (χ3n) is 7.39. The standard InChI is InChI=1S/C25H39N6O17P/c1-10(32)29-17-11(33)7-25(23(40)41,47-21(17)18(37)12(34)8-28-16(36)4-2-3-15(27)35)48-49(43,44)45-9-13-19(38)20(39)22(46-13)31-6-5-14(26)30-24(31)42/h5-6,11-13,17-22,33-34,37-39H,2-4,7-9H2,1H3,(H2,27,35)(H,28,36)(H,29,32)(H,40,41)(H,43,44)(H2,26,30,42)/p-1/t11-,12+,13+,17+,18+,19+,20+,21+,22+,25+/m0/s1. The van der Waals surface area contributed by atoms with Crippen molar-refractivity contribution in [2.75, 3.05) is 18.9 Å². The van der Waals surface area contributed by atoms with Gasteiger partial charge in [0.05, 0.1) is 18.8 Å². The summed E-state index contributed by atoms with van der Waals surface area (Å²) in [4.78, 5) is 65.0. The van der Waals surface area contributed by atoms with Crippen LogP contribution in [0.15, 0.2) is 22.1 Å². The summed E-state index contributed by atoms with van der Waals surface area (Å²) in [6, 6.07) is -0.564. The van der Waals surface area contributed by atoms with Gasteiger partial charge in [0, 0.05) is 32.0 Å². The number of aliphatic hydroxyl groups excluding tert-OH is 5. The van der Waals surface area contributed by atoms with Gasteiger partial charge in [-0.1, -0.05) is 0 Å². The molecule has 0 aromatic carbocycles. The van der Waals surface area contributed by atoms with Crippen molar-refractivity contribution in [2.45, 2.75) is 93.4 Å². The minimum Gasteiger partial charge on any atom is -0.862 e. The maximum absolute atomic E-state index is 13.0. The lowest BCUT2D eigenvalue weighted by Gasteiger charge is -2.45. The van der Waals surface area contributed by atoms with Crippen LogP contribution in [0.1, 0.15) is 38.8 Å². The number of hydrogen-bond donors (Lipinski definition) is 10. The molecule has 24 heteroatoms. The first-order chi connectivity index (χ1) is 22.8. The van der Waals surface area contributed by atoms with E-state index in [1.807, 2.05) is 0 Å². The first-order valence-electron chi connectivity index (χ1n) is 14.5. The number of carboxylic acids is 1. The van der Waals surface area contributed by atoms with Crippen LogP contribution in [0, 0.1) is 0 Å². The highest BCUT2D eigenvalue weighted by Crippen LogP contribution is 2.51. The molecule has 1 aromatic rings. The van der Waals surface area contributed by atoms with Crippen LogP contribution in [0.5, 0.6) is 0 Å². The van der Waals surface area contributed by atoms with Crippen molar-refractivity contribution < 1.29 is 78.1 Å². The smallest absolute Gasteiger partial charge is 0.475 e. The van der Waals surface area contributed by atoms with Crippen LogP contribution >= 0.6 is 7.82 Å². The second-order valence-electron chi connectivity index (χ2n) is 11.2. The molecule has 2 aliphatic heterocycles. The Kier molecular flexibility index (Phi) is 13.3. The lowest BCUT2D eigenvalue weighted by molar-refractivity contribution is -0.286. The van der Waals surface area contributed by atoms with E-state index in [2.05, 4.69) is 15.3 Å². The summed E-state index contributed by atoms with van der Waals surface area (Å²) >= 11 is 0. The van der Waals surface area contributed by atoms with E-state index in [0.29, 0.717) is 0 Å². The summed E-state index contributed by atoms with van der Waals surface area (Å²) in [5.74, 6) is -7.83.